The van der Waals surface area contributed by atoms with Crippen LogP contribution in [0.5, 0.6) is 0 Å². The molecular formula is C34H40N4O4. The minimum atomic E-state index is -0.882. The van der Waals surface area contributed by atoms with E-state index in [1.807, 2.05) is 12.1 Å². The Labute approximate surface area is 248 Å². The predicted molar refractivity (Wildman–Crippen MR) is 166 cm³/mol. The molecule has 1 heterocycles. The summed E-state index contributed by atoms with van der Waals surface area (Å²) >= 11 is 0. The third kappa shape index (κ3) is 8.60. The van der Waals surface area contributed by atoms with Crippen LogP contribution in [0.4, 0.5) is 15.4 Å². The van der Waals surface area contributed by atoms with Crippen molar-refractivity contribution in [2.75, 3.05) is 18.5 Å². The number of anilines is 1. The van der Waals surface area contributed by atoms with Crippen LogP contribution in [0.2, 0.25) is 0 Å². The van der Waals surface area contributed by atoms with Gasteiger partial charge in [-0.2, -0.15) is 4.90 Å². The van der Waals surface area contributed by atoms with E-state index < -0.39 is 23.4 Å². The largest absolute Gasteiger partial charge is 0.443 e. The Morgan fingerprint density at radius 1 is 0.714 bits per heavy atom. The van der Waals surface area contributed by atoms with Crippen molar-refractivity contribution < 1.29 is 19.1 Å². The molecule has 0 atom stereocenters. The highest BCUT2D eigenvalue weighted by molar-refractivity contribution is 6.08. The standard InChI is InChI=1S/C34H40N4O4/c1-33(2,3)41-31(39)38(32(40)42-34(4,5)6)30-18-17-29(35-36-30)28-14-10-11-25(22-28)23-37(7)20-19-24-15-16-26-12-8-9-13-27(26)21-24/h8-18,21-22H,19-20,23H2,1-7H3. The molecule has 0 bridgehead atoms. The third-order valence-corrected chi connectivity index (χ3v) is 6.30. The van der Waals surface area contributed by atoms with Gasteiger partial charge in [-0.05, 0) is 95.1 Å². The first-order valence-corrected chi connectivity index (χ1v) is 14.1. The molecule has 8 nitrogen and oxygen atoms in total. The normalized spacial score (nSPS) is 11.9. The molecule has 0 radical (unpaired) electrons. The second kappa shape index (κ2) is 12.7. The van der Waals surface area contributed by atoms with Gasteiger partial charge in [0.1, 0.15) is 11.2 Å². The molecule has 220 valence electrons. The van der Waals surface area contributed by atoms with Crippen LogP contribution in [0.3, 0.4) is 0 Å². The van der Waals surface area contributed by atoms with Crippen molar-refractivity contribution in [2.45, 2.75) is 65.7 Å². The topological polar surface area (TPSA) is 84.9 Å². The highest BCUT2D eigenvalue weighted by atomic mass is 16.6. The van der Waals surface area contributed by atoms with E-state index in [0.717, 1.165) is 35.5 Å². The average Bonchev–Trinajstić information content (AvgIpc) is 2.90. The van der Waals surface area contributed by atoms with Crippen LogP contribution in [0, 0.1) is 0 Å². The maximum atomic E-state index is 12.9. The number of nitrogens with zero attached hydrogens (tertiary/aromatic N) is 4. The summed E-state index contributed by atoms with van der Waals surface area (Å²) in [6.45, 7) is 12.0. The Hall–Kier alpha value is -4.30. The maximum absolute atomic E-state index is 12.9. The zero-order chi connectivity index (χ0) is 30.5. The molecule has 42 heavy (non-hydrogen) atoms. The Morgan fingerprint density at radius 2 is 1.38 bits per heavy atom. The van der Waals surface area contributed by atoms with E-state index in [1.54, 1.807) is 53.7 Å². The minimum Gasteiger partial charge on any atom is -0.443 e. The van der Waals surface area contributed by atoms with Crippen LogP contribution >= 0.6 is 0 Å². The molecule has 2 amide bonds. The van der Waals surface area contributed by atoms with Gasteiger partial charge in [0.05, 0.1) is 5.69 Å². The number of fused-ring (bicyclic) bond motifs is 1. The van der Waals surface area contributed by atoms with E-state index in [2.05, 4.69) is 76.7 Å². The number of ether oxygens (including phenoxy) is 2. The lowest BCUT2D eigenvalue weighted by Crippen LogP contribution is -2.44. The van der Waals surface area contributed by atoms with Crippen molar-refractivity contribution in [2.24, 2.45) is 0 Å². The average molecular weight is 569 g/mol. The summed E-state index contributed by atoms with van der Waals surface area (Å²) in [6.07, 6.45) is -0.806. The molecule has 1 aromatic heterocycles. The van der Waals surface area contributed by atoms with Crippen molar-refractivity contribution in [3.05, 3.63) is 90.0 Å². The van der Waals surface area contributed by atoms with Crippen LogP contribution in [0.25, 0.3) is 22.0 Å². The number of hydrogen-bond acceptors (Lipinski definition) is 7. The van der Waals surface area contributed by atoms with Crippen molar-refractivity contribution >= 4 is 28.8 Å². The lowest BCUT2D eigenvalue weighted by Gasteiger charge is -2.27. The molecule has 0 aliphatic heterocycles. The lowest BCUT2D eigenvalue weighted by molar-refractivity contribution is 0.0428. The fourth-order valence-corrected chi connectivity index (χ4v) is 4.41. The minimum absolute atomic E-state index is 0.0202. The number of carbonyl (C=O) groups is 2. The number of amides is 2. The summed E-state index contributed by atoms with van der Waals surface area (Å²) in [6, 6.07) is 26.5. The van der Waals surface area contributed by atoms with Gasteiger partial charge >= 0.3 is 12.2 Å². The van der Waals surface area contributed by atoms with Gasteiger partial charge in [0, 0.05) is 18.7 Å². The van der Waals surface area contributed by atoms with Gasteiger partial charge in [0.15, 0.2) is 5.82 Å². The molecule has 0 spiro atoms. The lowest BCUT2D eigenvalue weighted by atomic mass is 10.0. The van der Waals surface area contributed by atoms with E-state index in [9.17, 15) is 9.59 Å². The number of rotatable bonds is 7. The first-order valence-electron chi connectivity index (χ1n) is 14.1. The van der Waals surface area contributed by atoms with E-state index in [-0.39, 0.29) is 5.82 Å². The van der Waals surface area contributed by atoms with E-state index in [1.165, 1.54) is 16.3 Å². The van der Waals surface area contributed by atoms with E-state index >= 15 is 0 Å². The highest BCUT2D eigenvalue weighted by Gasteiger charge is 2.33. The third-order valence-electron chi connectivity index (χ3n) is 6.30. The van der Waals surface area contributed by atoms with Gasteiger partial charge in [-0.3, -0.25) is 0 Å². The summed E-state index contributed by atoms with van der Waals surface area (Å²) in [7, 11) is 2.12. The van der Waals surface area contributed by atoms with Gasteiger partial charge in [0.2, 0.25) is 0 Å². The Bertz CT molecular complexity index is 1510. The SMILES string of the molecule is CN(CCc1ccc2ccccc2c1)Cc1cccc(-c2ccc(N(C(=O)OC(C)(C)C)C(=O)OC(C)(C)C)nn2)c1. The van der Waals surface area contributed by atoms with Gasteiger partial charge in [-0.15, -0.1) is 10.2 Å². The molecule has 0 saturated carbocycles. The first kappa shape index (κ1) is 30.7. The summed E-state index contributed by atoms with van der Waals surface area (Å²) < 4.78 is 10.9. The molecular weight excluding hydrogens is 528 g/mol. The maximum Gasteiger partial charge on any atom is 0.425 e. The Balaban J connectivity index is 1.45. The predicted octanol–water partition coefficient (Wildman–Crippen LogP) is 7.65. The Morgan fingerprint density at radius 3 is 2.00 bits per heavy atom. The number of aromatic nitrogens is 2. The molecule has 3 aromatic carbocycles. The zero-order valence-corrected chi connectivity index (χ0v) is 25.5. The van der Waals surface area contributed by atoms with Crippen LogP contribution in [0.1, 0.15) is 52.7 Å². The smallest absolute Gasteiger partial charge is 0.425 e. The summed E-state index contributed by atoms with van der Waals surface area (Å²) in [5.41, 5.74) is 2.34. The summed E-state index contributed by atoms with van der Waals surface area (Å²) in [5.74, 6) is 0.0202. The number of carbonyl (C=O) groups excluding carboxylic acids is 2. The molecule has 0 aliphatic carbocycles. The molecule has 0 unspecified atom stereocenters. The van der Waals surface area contributed by atoms with Gasteiger partial charge in [0.25, 0.3) is 0 Å². The highest BCUT2D eigenvalue weighted by Crippen LogP contribution is 2.24. The molecule has 4 aromatic rings. The monoisotopic (exact) mass is 568 g/mol. The van der Waals surface area contributed by atoms with E-state index in [0.29, 0.717) is 5.69 Å². The molecule has 0 saturated heterocycles. The molecule has 8 heteroatoms. The number of benzene rings is 3. The van der Waals surface area contributed by atoms with Crippen LogP contribution in [-0.2, 0) is 22.4 Å². The summed E-state index contributed by atoms with van der Waals surface area (Å²) in [5, 5.41) is 11.0. The molecule has 4 rings (SSSR count). The van der Waals surface area contributed by atoms with Gasteiger partial charge in [-0.25, -0.2) is 9.59 Å². The fourth-order valence-electron chi connectivity index (χ4n) is 4.41. The number of imide groups is 1. The number of likely N-dealkylation sites (N-methyl/N-ethyl adjacent to an activating group) is 1. The van der Waals surface area contributed by atoms with Crippen LogP contribution in [-0.4, -0.2) is 52.1 Å². The number of hydrogen-bond donors (Lipinski definition) is 0. The van der Waals surface area contributed by atoms with Crippen LogP contribution in [0.15, 0.2) is 78.9 Å². The Kier molecular flexibility index (Phi) is 9.27. The molecule has 0 fully saturated rings. The second-order valence-corrected chi connectivity index (χ2v) is 12.4. The van der Waals surface area contributed by atoms with Gasteiger partial charge in [-0.1, -0.05) is 60.7 Å². The summed E-state index contributed by atoms with van der Waals surface area (Å²) in [4.78, 5) is 28.9. The van der Waals surface area contributed by atoms with Crippen molar-refractivity contribution in [3.8, 4) is 11.3 Å². The first-order chi connectivity index (χ1) is 19.8. The van der Waals surface area contributed by atoms with Crippen LogP contribution < -0.4 is 4.90 Å². The quantitative estimate of drug-likeness (QED) is 0.226. The fraction of sp³-hybridized carbons (Fsp3) is 0.353. The second-order valence-electron chi connectivity index (χ2n) is 12.4. The van der Waals surface area contributed by atoms with Gasteiger partial charge < -0.3 is 14.4 Å². The van der Waals surface area contributed by atoms with Crippen molar-refractivity contribution in [1.82, 2.24) is 15.1 Å². The molecule has 0 N–H and O–H groups in total. The van der Waals surface area contributed by atoms with Crippen molar-refractivity contribution in [3.63, 3.8) is 0 Å². The van der Waals surface area contributed by atoms with E-state index in [4.69, 9.17) is 9.47 Å². The van der Waals surface area contributed by atoms with Crippen molar-refractivity contribution in [1.29, 1.82) is 0 Å². The zero-order valence-electron chi connectivity index (χ0n) is 25.5. The molecule has 0 aliphatic rings.